The van der Waals surface area contributed by atoms with Gasteiger partial charge in [-0.1, -0.05) is 0 Å². The maximum absolute atomic E-state index is 13.0. The quantitative estimate of drug-likeness (QED) is 0.757. The number of amides is 2. The van der Waals surface area contributed by atoms with Gasteiger partial charge in [-0.25, -0.2) is 4.68 Å². The van der Waals surface area contributed by atoms with Crippen LogP contribution in [-0.4, -0.2) is 68.0 Å². The number of aromatic nitrogens is 4. The molecule has 1 saturated carbocycles. The van der Waals surface area contributed by atoms with Crippen LogP contribution in [0.4, 0.5) is 0 Å². The second-order valence-corrected chi connectivity index (χ2v) is 7.82. The number of nitrogens with zero attached hydrogens (tertiary/aromatic N) is 6. The minimum Gasteiger partial charge on any atom is -0.342 e. The van der Waals surface area contributed by atoms with Gasteiger partial charge in [-0.3, -0.25) is 9.59 Å². The van der Waals surface area contributed by atoms with Crippen molar-refractivity contribution >= 4 is 11.8 Å². The van der Waals surface area contributed by atoms with E-state index >= 15 is 0 Å². The van der Waals surface area contributed by atoms with Crippen molar-refractivity contribution in [3.63, 3.8) is 0 Å². The van der Waals surface area contributed by atoms with E-state index < -0.39 is 0 Å². The molecule has 4 rings (SSSR count). The first-order chi connectivity index (χ1) is 12.2. The Morgan fingerprint density at radius 2 is 2.16 bits per heavy atom. The molecule has 3 fully saturated rings. The van der Waals surface area contributed by atoms with Crippen molar-refractivity contribution in [2.24, 2.45) is 11.3 Å². The van der Waals surface area contributed by atoms with Gasteiger partial charge in [0.15, 0.2) is 0 Å². The molecule has 0 N–H and O–H groups in total. The summed E-state index contributed by atoms with van der Waals surface area (Å²) in [6, 6.07) is 0. The Labute approximate surface area is 147 Å². The predicted octanol–water partition coefficient (Wildman–Crippen LogP) is 0.704. The Kier molecular flexibility index (Phi) is 4.43. The smallest absolute Gasteiger partial charge is 0.230 e. The molecule has 3 aliphatic rings. The molecular weight excluding hydrogens is 320 g/mol. The number of rotatable bonds is 6. The molecule has 2 aliphatic heterocycles. The number of carbonyl (C=O) groups is 2. The monoisotopic (exact) mass is 346 g/mol. The third-order valence-corrected chi connectivity index (χ3v) is 5.88. The molecule has 1 aromatic heterocycles. The highest BCUT2D eigenvalue weighted by Crippen LogP contribution is 2.41. The number of aryl methyl sites for hydroxylation is 1. The van der Waals surface area contributed by atoms with Crippen LogP contribution in [0.2, 0.25) is 0 Å². The summed E-state index contributed by atoms with van der Waals surface area (Å²) in [7, 11) is 0. The van der Waals surface area contributed by atoms with Crippen molar-refractivity contribution in [2.45, 2.75) is 51.5 Å². The average molecular weight is 346 g/mol. The molecular formula is C17H26N6O2. The fourth-order valence-electron chi connectivity index (χ4n) is 4.24. The molecule has 1 spiro atoms. The van der Waals surface area contributed by atoms with Crippen LogP contribution in [0.3, 0.4) is 0 Å². The first-order valence-corrected chi connectivity index (χ1v) is 9.44. The van der Waals surface area contributed by atoms with Crippen molar-refractivity contribution in [1.29, 1.82) is 0 Å². The molecule has 0 radical (unpaired) electrons. The fraction of sp³-hybridized carbons (Fsp3) is 0.824. The Bertz CT molecular complexity index is 629. The van der Waals surface area contributed by atoms with Crippen molar-refractivity contribution in [1.82, 2.24) is 30.0 Å². The standard InChI is InChI=1S/C17H26N6O2/c24-15(3-1-9-23-13-18-19-20-23)22-10-7-17(12-22)6-2-8-21(16(17)25)11-14-4-5-14/h13-14H,1-12H2/t17-/m1/s1. The van der Waals surface area contributed by atoms with E-state index in [9.17, 15) is 9.59 Å². The maximum Gasteiger partial charge on any atom is 0.230 e. The van der Waals surface area contributed by atoms with Crippen LogP contribution < -0.4 is 0 Å². The van der Waals surface area contributed by atoms with Gasteiger partial charge < -0.3 is 9.80 Å². The van der Waals surface area contributed by atoms with E-state index in [4.69, 9.17) is 0 Å². The predicted molar refractivity (Wildman–Crippen MR) is 89.2 cm³/mol. The van der Waals surface area contributed by atoms with E-state index in [1.165, 1.54) is 12.8 Å². The number of piperidine rings is 1. The second kappa shape index (κ2) is 6.72. The van der Waals surface area contributed by atoms with Crippen LogP contribution in [-0.2, 0) is 16.1 Å². The highest BCUT2D eigenvalue weighted by atomic mass is 16.2. The van der Waals surface area contributed by atoms with Crippen molar-refractivity contribution in [3.8, 4) is 0 Å². The Morgan fingerprint density at radius 1 is 1.28 bits per heavy atom. The summed E-state index contributed by atoms with van der Waals surface area (Å²) in [5.74, 6) is 1.18. The van der Waals surface area contributed by atoms with Gasteiger partial charge >= 0.3 is 0 Å². The van der Waals surface area contributed by atoms with Gasteiger partial charge in [0.05, 0.1) is 5.41 Å². The molecule has 1 aromatic rings. The van der Waals surface area contributed by atoms with Gasteiger partial charge in [0, 0.05) is 39.1 Å². The van der Waals surface area contributed by atoms with Gasteiger partial charge in [0.2, 0.25) is 11.8 Å². The minimum atomic E-state index is -0.307. The molecule has 8 nitrogen and oxygen atoms in total. The lowest BCUT2D eigenvalue weighted by Gasteiger charge is -2.39. The van der Waals surface area contributed by atoms with Gasteiger partial charge in [0.1, 0.15) is 6.33 Å². The number of hydrogen-bond acceptors (Lipinski definition) is 5. The molecule has 1 atom stereocenters. The summed E-state index contributed by atoms with van der Waals surface area (Å²) in [6.07, 6.45) is 8.12. The lowest BCUT2D eigenvalue weighted by molar-refractivity contribution is -0.146. The normalized spacial score (nSPS) is 26.6. The summed E-state index contributed by atoms with van der Waals surface area (Å²) in [6.45, 7) is 3.80. The van der Waals surface area contributed by atoms with Crippen LogP contribution in [0, 0.1) is 11.3 Å². The summed E-state index contributed by atoms with van der Waals surface area (Å²) in [5.41, 5.74) is -0.307. The van der Waals surface area contributed by atoms with E-state index in [0.29, 0.717) is 32.0 Å². The summed E-state index contributed by atoms with van der Waals surface area (Å²) >= 11 is 0. The first-order valence-electron chi connectivity index (χ1n) is 9.44. The zero-order valence-electron chi connectivity index (χ0n) is 14.6. The van der Waals surface area contributed by atoms with Crippen molar-refractivity contribution in [3.05, 3.63) is 6.33 Å². The van der Waals surface area contributed by atoms with Crippen LogP contribution >= 0.6 is 0 Å². The van der Waals surface area contributed by atoms with E-state index in [-0.39, 0.29) is 11.3 Å². The van der Waals surface area contributed by atoms with E-state index in [2.05, 4.69) is 20.4 Å². The molecule has 8 heteroatoms. The summed E-state index contributed by atoms with van der Waals surface area (Å²) in [5, 5.41) is 11.0. The van der Waals surface area contributed by atoms with E-state index in [1.807, 2.05) is 4.90 Å². The zero-order valence-corrected chi connectivity index (χ0v) is 14.6. The average Bonchev–Trinajstić information content (AvgIpc) is 3.10. The number of tetrazole rings is 1. The number of likely N-dealkylation sites (tertiary alicyclic amines) is 2. The highest BCUT2D eigenvalue weighted by Gasteiger charge is 2.49. The molecule has 0 bridgehead atoms. The van der Waals surface area contributed by atoms with Crippen LogP contribution in [0.25, 0.3) is 0 Å². The Hall–Kier alpha value is -1.99. The third kappa shape index (κ3) is 3.52. The molecule has 0 unspecified atom stereocenters. The molecule has 3 heterocycles. The Balaban J connectivity index is 1.30. The molecule has 0 aromatic carbocycles. The third-order valence-electron chi connectivity index (χ3n) is 5.88. The molecule has 2 amide bonds. The lowest BCUT2D eigenvalue weighted by Crippen LogP contribution is -2.50. The molecule has 2 saturated heterocycles. The van der Waals surface area contributed by atoms with E-state index in [1.54, 1.807) is 11.0 Å². The number of hydrogen-bond donors (Lipinski definition) is 0. The second-order valence-electron chi connectivity index (χ2n) is 7.82. The van der Waals surface area contributed by atoms with Gasteiger partial charge in [-0.05, 0) is 54.9 Å². The zero-order chi connectivity index (χ0) is 17.3. The largest absolute Gasteiger partial charge is 0.342 e. The van der Waals surface area contributed by atoms with Crippen LogP contribution in [0.15, 0.2) is 6.33 Å². The molecule has 136 valence electrons. The number of carbonyl (C=O) groups excluding carboxylic acids is 2. The first kappa shape index (κ1) is 16.5. The maximum atomic E-state index is 13.0. The Morgan fingerprint density at radius 3 is 2.92 bits per heavy atom. The lowest BCUT2D eigenvalue weighted by atomic mass is 9.78. The minimum absolute atomic E-state index is 0.150. The van der Waals surface area contributed by atoms with Crippen molar-refractivity contribution < 1.29 is 9.59 Å². The SMILES string of the molecule is O=C(CCCn1cnnn1)N1CC[C@]2(CCCN(CC3CC3)C2=O)C1. The highest BCUT2D eigenvalue weighted by molar-refractivity contribution is 5.86. The van der Waals surface area contributed by atoms with Crippen LogP contribution in [0.5, 0.6) is 0 Å². The van der Waals surface area contributed by atoms with Gasteiger partial charge in [0.25, 0.3) is 0 Å². The summed E-state index contributed by atoms with van der Waals surface area (Å²) in [4.78, 5) is 29.5. The van der Waals surface area contributed by atoms with Crippen LogP contribution in [0.1, 0.15) is 44.9 Å². The van der Waals surface area contributed by atoms with E-state index in [0.717, 1.165) is 44.7 Å². The topological polar surface area (TPSA) is 84.2 Å². The fourth-order valence-corrected chi connectivity index (χ4v) is 4.24. The summed E-state index contributed by atoms with van der Waals surface area (Å²) < 4.78 is 1.64. The van der Waals surface area contributed by atoms with Gasteiger partial charge in [-0.15, -0.1) is 5.10 Å². The van der Waals surface area contributed by atoms with Gasteiger partial charge in [-0.2, -0.15) is 0 Å². The molecule has 25 heavy (non-hydrogen) atoms. The molecule has 1 aliphatic carbocycles. The van der Waals surface area contributed by atoms with Crippen molar-refractivity contribution in [2.75, 3.05) is 26.2 Å².